The highest BCUT2D eigenvalue weighted by Gasteiger charge is 2.26. The quantitative estimate of drug-likeness (QED) is 0.240. The molecule has 0 amide bonds. The average Bonchev–Trinajstić information content (AvgIpc) is 3.51. The molecule has 14 heteroatoms. The van der Waals surface area contributed by atoms with Crippen LogP contribution in [0, 0.1) is 5.82 Å². The summed E-state index contributed by atoms with van der Waals surface area (Å²) in [5.74, 6) is -2.18. The van der Waals surface area contributed by atoms with Crippen LogP contribution in [0.3, 0.4) is 0 Å². The molecule has 0 aliphatic carbocycles. The first-order valence-electron chi connectivity index (χ1n) is 11.1. The maximum absolute atomic E-state index is 14.9. The number of fused-ring (bicyclic) bond motifs is 1. The maximum atomic E-state index is 14.9. The van der Waals surface area contributed by atoms with Gasteiger partial charge in [-0.15, -0.1) is 0 Å². The molecular formula is C25H17ClF3N5O4S. The number of hydrogen-bond donors (Lipinski definition) is 2. The topological polar surface area (TPSA) is 119 Å². The lowest BCUT2D eigenvalue weighted by atomic mass is 10.0. The minimum Gasteiger partial charge on any atom is -0.435 e. The van der Waals surface area contributed by atoms with E-state index in [9.17, 15) is 26.4 Å². The zero-order chi connectivity index (χ0) is 27.9. The first kappa shape index (κ1) is 26.3. The fraction of sp³-hybridized carbons (Fsp3) is 0.0800. The second-order valence-corrected chi connectivity index (χ2v) is 10.4. The van der Waals surface area contributed by atoms with Crippen molar-refractivity contribution in [3.8, 4) is 16.9 Å². The summed E-state index contributed by atoms with van der Waals surface area (Å²) in [5.41, 5.74) is 0.964. The molecule has 0 spiro atoms. The van der Waals surface area contributed by atoms with Gasteiger partial charge in [0.05, 0.1) is 27.4 Å². The van der Waals surface area contributed by atoms with Crippen molar-refractivity contribution in [1.29, 1.82) is 0 Å². The fourth-order valence-corrected chi connectivity index (χ4v) is 5.36. The van der Waals surface area contributed by atoms with Gasteiger partial charge in [-0.05, 0) is 30.3 Å². The molecule has 0 saturated heterocycles. The molecule has 2 aromatic carbocycles. The second-order valence-electron chi connectivity index (χ2n) is 8.30. The lowest BCUT2D eigenvalue weighted by molar-refractivity contribution is -0.0500. The van der Waals surface area contributed by atoms with Crippen molar-refractivity contribution < 1.29 is 31.1 Å². The Balaban J connectivity index is 1.51. The number of nitrogens with zero attached hydrogens (tertiary/aromatic N) is 3. The van der Waals surface area contributed by atoms with Gasteiger partial charge in [0.25, 0.3) is 10.0 Å². The summed E-state index contributed by atoms with van der Waals surface area (Å²) in [5, 5.41) is 4.01. The number of halogens is 4. The number of hydrogen-bond acceptors (Lipinski definition) is 6. The van der Waals surface area contributed by atoms with Gasteiger partial charge < -0.3 is 9.72 Å². The molecule has 39 heavy (non-hydrogen) atoms. The Morgan fingerprint density at radius 1 is 1.15 bits per heavy atom. The fourth-order valence-electron chi connectivity index (χ4n) is 3.91. The summed E-state index contributed by atoms with van der Waals surface area (Å²) < 4.78 is 73.9. The van der Waals surface area contributed by atoms with Crippen molar-refractivity contribution in [2.75, 3.05) is 4.72 Å². The van der Waals surface area contributed by atoms with Crippen LogP contribution in [-0.2, 0) is 17.1 Å². The summed E-state index contributed by atoms with van der Waals surface area (Å²) in [6.07, 6.45) is 6.33. The van der Waals surface area contributed by atoms with E-state index >= 15 is 0 Å². The minimum absolute atomic E-state index is 0.0564. The van der Waals surface area contributed by atoms with Crippen LogP contribution < -0.4 is 9.46 Å². The highest BCUT2D eigenvalue weighted by atomic mass is 35.5. The molecule has 9 nitrogen and oxygen atoms in total. The van der Waals surface area contributed by atoms with Gasteiger partial charge in [-0.1, -0.05) is 17.7 Å². The van der Waals surface area contributed by atoms with E-state index in [1.807, 2.05) is 0 Å². The van der Waals surface area contributed by atoms with E-state index in [-0.39, 0.29) is 17.0 Å². The van der Waals surface area contributed by atoms with Crippen molar-refractivity contribution in [3.63, 3.8) is 0 Å². The normalized spacial score (nSPS) is 11.7. The van der Waals surface area contributed by atoms with Crippen LogP contribution in [0.25, 0.3) is 22.2 Å². The van der Waals surface area contributed by atoms with Gasteiger partial charge in [-0.25, -0.2) is 17.8 Å². The number of benzene rings is 2. The molecule has 0 bridgehead atoms. The predicted octanol–water partition coefficient (Wildman–Crippen LogP) is 5.39. The lowest BCUT2D eigenvalue weighted by Crippen LogP contribution is -2.15. The number of sulfonamides is 1. The van der Waals surface area contributed by atoms with E-state index < -0.39 is 43.7 Å². The van der Waals surface area contributed by atoms with Crippen LogP contribution in [0.15, 0.2) is 72.1 Å². The number of carbonyl (C=O) groups is 1. The van der Waals surface area contributed by atoms with Crippen LogP contribution in [-0.4, -0.2) is 40.6 Å². The number of rotatable bonds is 8. The summed E-state index contributed by atoms with van der Waals surface area (Å²) in [6, 6.07) is 8.01. The van der Waals surface area contributed by atoms with E-state index in [1.54, 1.807) is 36.4 Å². The largest absolute Gasteiger partial charge is 0.435 e. The molecule has 0 atom stereocenters. The SMILES string of the molecule is Cn1cc(-c2cnc3[nH]cc(C(=O)c4c(F)ccc(NS(=O)(=O)c5cccc(OC(F)F)c5)c4Cl)c3c2)cn1. The van der Waals surface area contributed by atoms with Crippen molar-refractivity contribution >= 4 is 44.1 Å². The summed E-state index contributed by atoms with van der Waals surface area (Å²) in [6.45, 7) is -3.16. The highest BCUT2D eigenvalue weighted by Crippen LogP contribution is 2.34. The number of anilines is 1. The van der Waals surface area contributed by atoms with Crippen LogP contribution >= 0.6 is 11.6 Å². The van der Waals surface area contributed by atoms with Gasteiger partial charge >= 0.3 is 6.61 Å². The van der Waals surface area contributed by atoms with Crippen molar-refractivity contribution in [2.24, 2.45) is 7.05 Å². The molecule has 0 aliphatic heterocycles. The minimum atomic E-state index is -4.39. The van der Waals surface area contributed by atoms with Crippen LogP contribution in [0.2, 0.25) is 5.02 Å². The third-order valence-corrected chi connectivity index (χ3v) is 7.47. The van der Waals surface area contributed by atoms with E-state index in [2.05, 4.69) is 24.5 Å². The predicted molar refractivity (Wildman–Crippen MR) is 137 cm³/mol. The Labute approximate surface area is 224 Å². The van der Waals surface area contributed by atoms with Crippen molar-refractivity contribution in [1.82, 2.24) is 19.7 Å². The molecule has 2 N–H and O–H groups in total. The summed E-state index contributed by atoms with van der Waals surface area (Å²) >= 11 is 6.35. The van der Waals surface area contributed by atoms with Crippen LogP contribution in [0.1, 0.15) is 15.9 Å². The molecule has 0 unspecified atom stereocenters. The Morgan fingerprint density at radius 2 is 1.95 bits per heavy atom. The Morgan fingerprint density at radius 3 is 2.67 bits per heavy atom. The van der Waals surface area contributed by atoms with Crippen LogP contribution in [0.5, 0.6) is 5.75 Å². The van der Waals surface area contributed by atoms with Crippen molar-refractivity contribution in [3.05, 3.63) is 89.2 Å². The zero-order valence-corrected chi connectivity index (χ0v) is 21.4. The van der Waals surface area contributed by atoms with Gasteiger partial charge in [0, 0.05) is 53.8 Å². The Hall–Kier alpha value is -4.36. The molecule has 3 heterocycles. The van der Waals surface area contributed by atoms with Gasteiger partial charge in [0.2, 0.25) is 0 Å². The molecule has 5 aromatic rings. The van der Waals surface area contributed by atoms with Crippen molar-refractivity contribution in [2.45, 2.75) is 11.5 Å². The molecule has 200 valence electrons. The molecule has 0 saturated carbocycles. The maximum Gasteiger partial charge on any atom is 0.387 e. The van der Waals surface area contributed by atoms with E-state index in [4.69, 9.17) is 11.6 Å². The average molecular weight is 576 g/mol. The summed E-state index contributed by atoms with van der Waals surface area (Å²) in [7, 11) is -2.64. The molecule has 3 aromatic heterocycles. The van der Waals surface area contributed by atoms with Crippen LogP contribution in [0.4, 0.5) is 18.9 Å². The standard InChI is InChI=1S/C25H17ClF3N5O4S/c1-34-12-14(10-32-34)13-7-17-18(11-31-24(17)30-9-13)23(35)21-19(27)5-6-20(22(21)26)33-39(36,37)16-4-2-3-15(8-16)38-25(28)29/h2-12,25,33H,1H3,(H,30,31). The number of H-pyrrole nitrogens is 1. The third kappa shape index (κ3) is 5.18. The number of aryl methyl sites for hydroxylation is 1. The lowest BCUT2D eigenvalue weighted by Gasteiger charge is -2.13. The van der Waals surface area contributed by atoms with Gasteiger partial charge in [0.15, 0.2) is 5.78 Å². The summed E-state index contributed by atoms with van der Waals surface area (Å²) in [4.78, 5) is 20.3. The number of ketones is 1. The second kappa shape index (κ2) is 10.1. The van der Waals surface area contributed by atoms with E-state index in [0.717, 1.165) is 35.9 Å². The third-order valence-electron chi connectivity index (χ3n) is 5.72. The molecule has 0 fully saturated rings. The number of alkyl halides is 2. The Bertz CT molecular complexity index is 1840. The van der Waals surface area contributed by atoms with Gasteiger partial charge in [0.1, 0.15) is 17.2 Å². The first-order chi connectivity index (χ1) is 18.5. The number of aromatic nitrogens is 4. The van der Waals surface area contributed by atoms with E-state index in [0.29, 0.717) is 16.6 Å². The molecule has 0 aliphatic rings. The number of nitrogens with one attached hydrogen (secondary N) is 2. The van der Waals surface area contributed by atoms with Gasteiger partial charge in [-0.2, -0.15) is 13.9 Å². The van der Waals surface area contributed by atoms with E-state index in [1.165, 1.54) is 12.3 Å². The zero-order valence-electron chi connectivity index (χ0n) is 19.8. The number of pyridine rings is 1. The number of aromatic amines is 1. The first-order valence-corrected chi connectivity index (χ1v) is 13.0. The number of carbonyl (C=O) groups excluding carboxylic acids is 1. The number of ether oxygens (including phenoxy) is 1. The monoisotopic (exact) mass is 575 g/mol. The molecular weight excluding hydrogens is 559 g/mol. The highest BCUT2D eigenvalue weighted by molar-refractivity contribution is 7.92. The van der Waals surface area contributed by atoms with Gasteiger partial charge in [-0.3, -0.25) is 14.2 Å². The molecule has 5 rings (SSSR count). The molecule has 0 radical (unpaired) electrons. The Kier molecular flexibility index (Phi) is 6.78. The smallest absolute Gasteiger partial charge is 0.387 e.